The highest BCUT2D eigenvalue weighted by Crippen LogP contribution is 2.40. The van der Waals surface area contributed by atoms with Crippen LogP contribution in [0.4, 0.5) is 0 Å². The van der Waals surface area contributed by atoms with Crippen molar-refractivity contribution in [1.29, 1.82) is 0 Å². The van der Waals surface area contributed by atoms with Crippen molar-refractivity contribution in [1.82, 2.24) is 4.90 Å². The Morgan fingerprint density at radius 3 is 2.54 bits per heavy atom. The van der Waals surface area contributed by atoms with E-state index in [9.17, 15) is 14.7 Å². The average Bonchev–Trinajstić information content (AvgIpc) is 2.91. The molecule has 0 aliphatic carbocycles. The molecule has 1 amide bonds. The lowest BCUT2D eigenvalue weighted by Crippen LogP contribution is -2.48. The minimum Gasteiger partial charge on any atom is -0.543 e. The lowest BCUT2D eigenvalue weighted by atomic mass is 10.1. The van der Waals surface area contributed by atoms with Gasteiger partial charge in [0, 0.05) is 17.5 Å². The standard InChI is InChI=1S/C20H32N2O5Si/c1-20(2,3)28(5,6)27-16-9-7-8-13-14(16)12-22(19(13)25)15(18(21)24)10-11-17(23)26-4/h7-9,15,18,24H,10-12,21H2,1-6H3. The fraction of sp³-hybridized carbons (Fsp3) is 0.600. The first-order chi connectivity index (χ1) is 12.9. The second-order valence-corrected chi connectivity index (χ2v) is 13.5. The normalized spacial score (nSPS) is 16.6. The first-order valence-electron chi connectivity index (χ1n) is 9.51. The third-order valence-corrected chi connectivity index (χ3v) is 10.1. The predicted octanol–water partition coefficient (Wildman–Crippen LogP) is 2.63. The Balaban J connectivity index is 2.29. The van der Waals surface area contributed by atoms with Gasteiger partial charge in [-0.05, 0) is 36.7 Å². The van der Waals surface area contributed by atoms with Crippen LogP contribution >= 0.6 is 0 Å². The predicted molar refractivity (Wildman–Crippen MR) is 109 cm³/mol. The van der Waals surface area contributed by atoms with E-state index in [1.165, 1.54) is 12.0 Å². The van der Waals surface area contributed by atoms with Crippen molar-refractivity contribution in [3.8, 4) is 5.75 Å². The molecule has 1 aliphatic heterocycles. The van der Waals surface area contributed by atoms with Crippen molar-refractivity contribution >= 4 is 20.2 Å². The molecule has 0 fully saturated rings. The molecule has 2 unspecified atom stereocenters. The van der Waals surface area contributed by atoms with Crippen molar-refractivity contribution < 1.29 is 23.9 Å². The Kier molecular flexibility index (Phi) is 6.57. The summed E-state index contributed by atoms with van der Waals surface area (Å²) in [7, 11) is -0.779. The number of fused-ring (bicyclic) bond motifs is 1. The van der Waals surface area contributed by atoms with Crippen LogP contribution in [0, 0.1) is 0 Å². The third kappa shape index (κ3) is 4.56. The SMILES string of the molecule is COC(=O)CCC(C(N)O)N1Cc2c(O[Si](C)(C)C(C)(C)C)cccc2C1=O. The summed E-state index contributed by atoms with van der Waals surface area (Å²) in [5, 5.41) is 10.0. The number of ether oxygens (including phenoxy) is 1. The molecule has 7 nitrogen and oxygen atoms in total. The number of aliphatic hydroxyl groups excluding tert-OH is 1. The lowest BCUT2D eigenvalue weighted by molar-refractivity contribution is -0.141. The van der Waals surface area contributed by atoms with Crippen LogP contribution in [0.2, 0.25) is 18.1 Å². The summed E-state index contributed by atoms with van der Waals surface area (Å²) in [4.78, 5) is 26.0. The van der Waals surface area contributed by atoms with Gasteiger partial charge in [-0.3, -0.25) is 9.59 Å². The Morgan fingerprint density at radius 2 is 2.00 bits per heavy atom. The van der Waals surface area contributed by atoms with Crippen LogP contribution in [-0.4, -0.2) is 49.6 Å². The molecule has 3 N–H and O–H groups in total. The number of amides is 1. The summed E-state index contributed by atoms with van der Waals surface area (Å²) in [5.41, 5.74) is 7.09. The zero-order valence-corrected chi connectivity index (χ0v) is 18.6. The molecule has 28 heavy (non-hydrogen) atoms. The molecule has 0 saturated carbocycles. The van der Waals surface area contributed by atoms with E-state index in [1.54, 1.807) is 6.07 Å². The van der Waals surface area contributed by atoms with Crippen LogP contribution < -0.4 is 10.2 Å². The second kappa shape index (κ2) is 8.22. The molecule has 1 heterocycles. The highest BCUT2D eigenvalue weighted by atomic mass is 28.4. The molecule has 0 saturated heterocycles. The van der Waals surface area contributed by atoms with E-state index >= 15 is 0 Å². The van der Waals surface area contributed by atoms with Gasteiger partial charge in [-0.25, -0.2) is 0 Å². The molecule has 1 aromatic carbocycles. The number of nitrogens with two attached hydrogens (primary N) is 1. The minimum absolute atomic E-state index is 0.0223. The van der Waals surface area contributed by atoms with Crippen LogP contribution in [0.5, 0.6) is 5.75 Å². The van der Waals surface area contributed by atoms with Crippen molar-refractivity contribution in [2.24, 2.45) is 5.73 Å². The van der Waals surface area contributed by atoms with E-state index in [1.807, 2.05) is 12.1 Å². The summed E-state index contributed by atoms with van der Waals surface area (Å²) in [6, 6.07) is 4.78. The average molecular weight is 409 g/mol. The van der Waals surface area contributed by atoms with Gasteiger partial charge in [0.1, 0.15) is 12.0 Å². The number of esters is 1. The van der Waals surface area contributed by atoms with Gasteiger partial charge in [0.05, 0.1) is 19.7 Å². The Morgan fingerprint density at radius 1 is 1.36 bits per heavy atom. The zero-order chi connectivity index (χ0) is 21.3. The van der Waals surface area contributed by atoms with Crippen LogP contribution in [-0.2, 0) is 16.1 Å². The Labute approximate surface area is 167 Å². The molecule has 0 spiro atoms. The number of hydrogen-bond acceptors (Lipinski definition) is 6. The van der Waals surface area contributed by atoms with Gasteiger partial charge >= 0.3 is 5.97 Å². The first kappa shape index (κ1) is 22.4. The molecular weight excluding hydrogens is 376 g/mol. The summed E-state index contributed by atoms with van der Waals surface area (Å²) < 4.78 is 11.1. The summed E-state index contributed by atoms with van der Waals surface area (Å²) in [6.45, 7) is 11.1. The fourth-order valence-electron chi connectivity index (χ4n) is 3.00. The number of rotatable bonds is 7. The molecule has 1 aliphatic rings. The van der Waals surface area contributed by atoms with Crippen LogP contribution in [0.1, 0.15) is 49.5 Å². The van der Waals surface area contributed by atoms with Gasteiger partial charge in [-0.2, -0.15) is 0 Å². The van der Waals surface area contributed by atoms with Gasteiger partial charge in [-0.15, -0.1) is 0 Å². The Hall–Kier alpha value is -1.90. The zero-order valence-electron chi connectivity index (χ0n) is 17.6. The molecule has 2 rings (SSSR count). The highest BCUT2D eigenvalue weighted by Gasteiger charge is 2.41. The van der Waals surface area contributed by atoms with Crippen LogP contribution in [0.3, 0.4) is 0 Å². The minimum atomic E-state index is -2.08. The van der Waals surface area contributed by atoms with Crippen LogP contribution in [0.25, 0.3) is 0 Å². The number of nitrogens with zero attached hydrogens (tertiary/aromatic N) is 1. The van der Waals surface area contributed by atoms with Gasteiger partial charge in [-0.1, -0.05) is 26.8 Å². The highest BCUT2D eigenvalue weighted by molar-refractivity contribution is 6.74. The summed E-state index contributed by atoms with van der Waals surface area (Å²) in [6.07, 6.45) is -0.960. The largest absolute Gasteiger partial charge is 0.543 e. The van der Waals surface area contributed by atoms with Gasteiger partial charge in [0.15, 0.2) is 0 Å². The van der Waals surface area contributed by atoms with E-state index in [-0.39, 0.29) is 23.8 Å². The van der Waals surface area contributed by atoms with E-state index in [0.717, 1.165) is 5.56 Å². The van der Waals surface area contributed by atoms with Crippen LogP contribution in [0.15, 0.2) is 18.2 Å². The van der Waals surface area contributed by atoms with E-state index in [2.05, 4.69) is 38.6 Å². The first-order valence-corrected chi connectivity index (χ1v) is 12.4. The number of methoxy groups -OCH3 is 1. The molecular formula is C20H32N2O5Si. The molecule has 0 aromatic heterocycles. The molecule has 8 heteroatoms. The molecule has 1 aromatic rings. The number of aliphatic hydroxyl groups is 1. The molecule has 0 radical (unpaired) electrons. The number of benzene rings is 1. The number of carbonyl (C=O) groups excluding carboxylic acids is 2. The maximum absolute atomic E-state index is 13.0. The van der Waals surface area contributed by atoms with Crippen molar-refractivity contribution in [3.05, 3.63) is 29.3 Å². The Bertz CT molecular complexity index is 743. The second-order valence-electron chi connectivity index (χ2n) is 8.75. The smallest absolute Gasteiger partial charge is 0.305 e. The van der Waals surface area contributed by atoms with E-state index < -0.39 is 26.6 Å². The van der Waals surface area contributed by atoms with E-state index in [4.69, 9.17) is 10.2 Å². The van der Waals surface area contributed by atoms with Gasteiger partial charge in [0.25, 0.3) is 5.91 Å². The van der Waals surface area contributed by atoms with Crippen molar-refractivity contribution in [2.45, 2.75) is 70.6 Å². The maximum Gasteiger partial charge on any atom is 0.305 e. The molecule has 2 atom stereocenters. The third-order valence-electron chi connectivity index (χ3n) is 5.79. The molecule has 156 valence electrons. The number of carbonyl (C=O) groups is 2. The summed E-state index contributed by atoms with van der Waals surface area (Å²) in [5.74, 6) is 0.0879. The van der Waals surface area contributed by atoms with Crippen molar-refractivity contribution in [2.75, 3.05) is 7.11 Å². The van der Waals surface area contributed by atoms with Crippen molar-refractivity contribution in [3.63, 3.8) is 0 Å². The quantitative estimate of drug-likeness (QED) is 0.408. The van der Waals surface area contributed by atoms with Gasteiger partial charge in [0.2, 0.25) is 8.32 Å². The number of hydrogen-bond donors (Lipinski definition) is 2. The monoisotopic (exact) mass is 408 g/mol. The maximum atomic E-state index is 13.0. The lowest BCUT2D eigenvalue weighted by Gasteiger charge is -2.37. The molecule has 0 bridgehead atoms. The summed E-state index contributed by atoms with van der Waals surface area (Å²) >= 11 is 0. The topological polar surface area (TPSA) is 102 Å². The van der Waals surface area contributed by atoms with Gasteiger partial charge < -0.3 is 24.9 Å². The van der Waals surface area contributed by atoms with E-state index in [0.29, 0.717) is 17.9 Å². The fourth-order valence-corrected chi connectivity index (χ4v) is 4.04.